The number of aromatic amines is 1. The number of imidazole rings is 2. The third-order valence-corrected chi connectivity index (χ3v) is 3.34. The lowest BCUT2D eigenvalue weighted by atomic mass is 10.1. The summed E-state index contributed by atoms with van der Waals surface area (Å²) in [4.78, 5) is 11.4. The standard InChI is InChI=1S/C12H17N5/c1-2-11(15-4-1)12-7-14-9-17(12)5-3-10-6-13-8-16-10/h6-9,11,15H,1-5H2,(H,13,16)/t11-/m0/s1. The minimum atomic E-state index is 0.485. The number of hydrogen-bond acceptors (Lipinski definition) is 3. The van der Waals surface area contributed by atoms with Crippen molar-refractivity contribution in [3.05, 3.63) is 36.4 Å². The minimum Gasteiger partial charge on any atom is -0.348 e. The fourth-order valence-corrected chi connectivity index (χ4v) is 2.41. The lowest BCUT2D eigenvalue weighted by Gasteiger charge is -2.13. The maximum atomic E-state index is 4.26. The van der Waals surface area contributed by atoms with Crippen LogP contribution in [0.2, 0.25) is 0 Å². The van der Waals surface area contributed by atoms with Crippen LogP contribution in [0.25, 0.3) is 0 Å². The zero-order valence-electron chi connectivity index (χ0n) is 9.76. The Hall–Kier alpha value is -1.62. The van der Waals surface area contributed by atoms with Crippen LogP contribution < -0.4 is 5.32 Å². The zero-order chi connectivity index (χ0) is 11.5. The molecule has 2 aromatic rings. The molecule has 1 aliphatic heterocycles. The van der Waals surface area contributed by atoms with Gasteiger partial charge >= 0.3 is 0 Å². The molecule has 1 atom stereocenters. The summed E-state index contributed by atoms with van der Waals surface area (Å²) in [6.45, 7) is 2.08. The first-order chi connectivity index (χ1) is 8.43. The van der Waals surface area contributed by atoms with Crippen molar-refractivity contribution in [2.45, 2.75) is 31.8 Å². The van der Waals surface area contributed by atoms with Gasteiger partial charge < -0.3 is 14.9 Å². The average Bonchev–Trinajstić information content (AvgIpc) is 3.09. The van der Waals surface area contributed by atoms with Crippen molar-refractivity contribution in [3.63, 3.8) is 0 Å². The van der Waals surface area contributed by atoms with Crippen molar-refractivity contribution >= 4 is 0 Å². The van der Waals surface area contributed by atoms with Crippen molar-refractivity contribution in [1.29, 1.82) is 0 Å². The minimum absolute atomic E-state index is 0.485. The second kappa shape index (κ2) is 4.71. The van der Waals surface area contributed by atoms with E-state index in [1.54, 1.807) is 6.33 Å². The zero-order valence-corrected chi connectivity index (χ0v) is 9.76. The molecule has 0 aliphatic carbocycles. The molecule has 90 valence electrons. The van der Waals surface area contributed by atoms with Gasteiger partial charge in [0.1, 0.15) is 0 Å². The van der Waals surface area contributed by atoms with Crippen LogP contribution in [0.4, 0.5) is 0 Å². The number of rotatable bonds is 4. The summed E-state index contributed by atoms with van der Waals surface area (Å²) in [7, 11) is 0. The van der Waals surface area contributed by atoms with Crippen molar-refractivity contribution in [2.75, 3.05) is 6.54 Å². The molecule has 0 saturated carbocycles. The highest BCUT2D eigenvalue weighted by molar-refractivity contribution is 5.07. The van der Waals surface area contributed by atoms with Gasteiger partial charge in [0.05, 0.1) is 18.3 Å². The summed E-state index contributed by atoms with van der Waals surface area (Å²) in [5.74, 6) is 0. The summed E-state index contributed by atoms with van der Waals surface area (Å²) < 4.78 is 2.24. The van der Waals surface area contributed by atoms with Crippen LogP contribution in [0, 0.1) is 0 Å². The number of hydrogen-bond donors (Lipinski definition) is 2. The highest BCUT2D eigenvalue weighted by atomic mass is 15.1. The van der Waals surface area contributed by atoms with E-state index in [9.17, 15) is 0 Å². The molecule has 17 heavy (non-hydrogen) atoms. The normalized spacial score (nSPS) is 19.9. The number of aryl methyl sites for hydroxylation is 2. The average molecular weight is 231 g/mol. The Labute approximate surface area is 100 Å². The Bertz CT molecular complexity index is 453. The van der Waals surface area contributed by atoms with Gasteiger partial charge in [0.2, 0.25) is 0 Å². The van der Waals surface area contributed by atoms with E-state index in [0.29, 0.717) is 6.04 Å². The van der Waals surface area contributed by atoms with E-state index in [1.165, 1.54) is 24.2 Å². The topological polar surface area (TPSA) is 58.5 Å². The van der Waals surface area contributed by atoms with Crippen LogP contribution in [0.15, 0.2) is 25.0 Å². The Morgan fingerprint density at radius 2 is 2.35 bits per heavy atom. The van der Waals surface area contributed by atoms with E-state index in [4.69, 9.17) is 0 Å². The summed E-state index contributed by atoms with van der Waals surface area (Å²) in [5.41, 5.74) is 2.48. The first-order valence-corrected chi connectivity index (χ1v) is 6.14. The fourth-order valence-electron chi connectivity index (χ4n) is 2.41. The first kappa shape index (κ1) is 10.5. The van der Waals surface area contributed by atoms with Gasteiger partial charge in [-0.15, -0.1) is 0 Å². The number of nitrogens with zero attached hydrogens (tertiary/aromatic N) is 3. The fraction of sp³-hybridized carbons (Fsp3) is 0.500. The maximum Gasteiger partial charge on any atom is 0.0948 e. The molecule has 5 heteroatoms. The molecule has 3 rings (SSSR count). The molecule has 1 saturated heterocycles. The van der Waals surface area contributed by atoms with Crippen molar-refractivity contribution in [3.8, 4) is 0 Å². The Morgan fingerprint density at radius 1 is 1.35 bits per heavy atom. The third kappa shape index (κ3) is 2.24. The molecular formula is C12H17N5. The van der Waals surface area contributed by atoms with Crippen LogP contribution >= 0.6 is 0 Å². The number of aromatic nitrogens is 4. The molecule has 0 radical (unpaired) electrons. The van der Waals surface area contributed by atoms with Gasteiger partial charge in [0.25, 0.3) is 0 Å². The van der Waals surface area contributed by atoms with Gasteiger partial charge in [0.15, 0.2) is 0 Å². The van der Waals surface area contributed by atoms with Crippen LogP contribution in [0.3, 0.4) is 0 Å². The summed E-state index contributed by atoms with van der Waals surface area (Å²) >= 11 is 0. The predicted octanol–water partition coefficient (Wildman–Crippen LogP) is 1.27. The molecule has 0 amide bonds. The van der Waals surface area contributed by atoms with E-state index in [-0.39, 0.29) is 0 Å². The lowest BCUT2D eigenvalue weighted by molar-refractivity contribution is 0.561. The van der Waals surface area contributed by atoms with Gasteiger partial charge in [-0.2, -0.15) is 0 Å². The highest BCUT2D eigenvalue weighted by Crippen LogP contribution is 2.22. The lowest BCUT2D eigenvalue weighted by Crippen LogP contribution is -2.17. The second-order valence-corrected chi connectivity index (χ2v) is 4.49. The van der Waals surface area contributed by atoms with Crippen LogP contribution in [-0.2, 0) is 13.0 Å². The van der Waals surface area contributed by atoms with Gasteiger partial charge in [-0.25, -0.2) is 9.97 Å². The van der Waals surface area contributed by atoms with Gasteiger partial charge in [-0.05, 0) is 19.4 Å². The number of H-pyrrole nitrogens is 1. The van der Waals surface area contributed by atoms with E-state index < -0.39 is 0 Å². The molecule has 0 aromatic carbocycles. The van der Waals surface area contributed by atoms with Crippen LogP contribution in [-0.4, -0.2) is 26.1 Å². The van der Waals surface area contributed by atoms with Crippen molar-refractivity contribution < 1.29 is 0 Å². The first-order valence-electron chi connectivity index (χ1n) is 6.14. The summed E-state index contributed by atoms with van der Waals surface area (Å²) in [6.07, 6.45) is 11.0. The summed E-state index contributed by atoms with van der Waals surface area (Å²) in [5, 5.41) is 3.51. The van der Waals surface area contributed by atoms with Crippen molar-refractivity contribution in [1.82, 2.24) is 24.8 Å². The number of nitrogens with one attached hydrogen (secondary N) is 2. The Kier molecular flexibility index (Phi) is 2.92. The van der Waals surface area contributed by atoms with E-state index in [0.717, 1.165) is 19.5 Å². The molecule has 1 fully saturated rings. The van der Waals surface area contributed by atoms with Gasteiger partial charge in [-0.1, -0.05) is 0 Å². The Balaban J connectivity index is 1.68. The molecule has 2 N–H and O–H groups in total. The molecular weight excluding hydrogens is 214 g/mol. The molecule has 2 aromatic heterocycles. The molecule has 0 unspecified atom stereocenters. The maximum absolute atomic E-state index is 4.26. The van der Waals surface area contributed by atoms with E-state index in [1.807, 2.05) is 18.7 Å². The van der Waals surface area contributed by atoms with Crippen molar-refractivity contribution in [2.24, 2.45) is 0 Å². The SMILES string of the molecule is c1ncc(CCn2cncc2[C@@H]2CCCN2)[nH]1. The second-order valence-electron chi connectivity index (χ2n) is 4.49. The predicted molar refractivity (Wildman–Crippen MR) is 64.5 cm³/mol. The molecule has 5 nitrogen and oxygen atoms in total. The van der Waals surface area contributed by atoms with Crippen LogP contribution in [0.5, 0.6) is 0 Å². The Morgan fingerprint density at radius 3 is 3.12 bits per heavy atom. The molecule has 1 aliphatic rings. The van der Waals surface area contributed by atoms with Crippen LogP contribution in [0.1, 0.15) is 30.3 Å². The molecule has 3 heterocycles. The van der Waals surface area contributed by atoms with E-state index >= 15 is 0 Å². The van der Waals surface area contributed by atoms with Gasteiger partial charge in [-0.3, -0.25) is 0 Å². The quantitative estimate of drug-likeness (QED) is 0.833. The largest absolute Gasteiger partial charge is 0.348 e. The summed E-state index contributed by atoms with van der Waals surface area (Å²) in [6, 6.07) is 0.485. The smallest absolute Gasteiger partial charge is 0.0948 e. The van der Waals surface area contributed by atoms with Gasteiger partial charge in [0, 0.05) is 37.1 Å². The molecule has 0 bridgehead atoms. The highest BCUT2D eigenvalue weighted by Gasteiger charge is 2.19. The molecule has 0 spiro atoms. The monoisotopic (exact) mass is 231 g/mol. The van der Waals surface area contributed by atoms with E-state index in [2.05, 4.69) is 24.8 Å². The third-order valence-electron chi connectivity index (χ3n) is 3.34.